The van der Waals surface area contributed by atoms with Crippen molar-refractivity contribution in [1.29, 1.82) is 0 Å². The van der Waals surface area contributed by atoms with Gasteiger partial charge in [0.25, 0.3) is 0 Å². The van der Waals surface area contributed by atoms with Crippen LogP contribution in [0.2, 0.25) is 0 Å². The molecule has 0 atom stereocenters. The Kier molecular flexibility index (Phi) is 16.8. The zero-order chi connectivity index (χ0) is 13.7. The highest BCUT2D eigenvalue weighted by Crippen LogP contribution is 2.11. The molecule has 0 amide bonds. The summed E-state index contributed by atoms with van der Waals surface area (Å²) in [5, 5.41) is 18.7. The topological polar surface area (TPSA) is 40.5 Å². The maximum atomic E-state index is 9.36. The van der Waals surface area contributed by atoms with Crippen LogP contribution in [0.5, 0.6) is 0 Å². The summed E-state index contributed by atoms with van der Waals surface area (Å²) >= 11 is 0. The number of rotatable bonds is 13. The van der Waals surface area contributed by atoms with Gasteiger partial charge in [-0.1, -0.05) is 64.7 Å². The molecule has 0 fully saturated rings. The van der Waals surface area contributed by atoms with E-state index in [-0.39, 0.29) is 17.0 Å². The normalized spacial score (nSPS) is 11.4. The number of hydroxylamine groups is 4. The molecule has 2 N–H and O–H groups in total. The third-order valence-corrected chi connectivity index (χ3v) is 3.63. The smallest absolute Gasteiger partial charge is 0.142 e. The van der Waals surface area contributed by atoms with Crippen LogP contribution in [-0.2, 0) is 0 Å². The summed E-state index contributed by atoms with van der Waals surface area (Å²) in [4.78, 5) is -0.808. The highest BCUT2D eigenvalue weighted by atomic mass is 79.9. The first kappa shape index (κ1) is 21.7. The molecular weight excluding hydrogens is 306 g/mol. The summed E-state index contributed by atoms with van der Waals surface area (Å²) in [6, 6.07) is 0. The fraction of sp³-hybridized carbons (Fsp3) is 1.00. The van der Waals surface area contributed by atoms with Crippen molar-refractivity contribution in [2.24, 2.45) is 0 Å². The van der Waals surface area contributed by atoms with Gasteiger partial charge in [-0.25, -0.2) is 0 Å². The maximum absolute atomic E-state index is 9.36. The Hall–Kier alpha value is 0.360. The lowest BCUT2D eigenvalue weighted by molar-refractivity contribution is -1.24. The van der Waals surface area contributed by atoms with Crippen LogP contribution in [0.15, 0.2) is 0 Å². The number of hydrogen-bond donors (Lipinski definition) is 2. The van der Waals surface area contributed by atoms with Gasteiger partial charge in [0.2, 0.25) is 0 Å². The molecule has 19 heavy (non-hydrogen) atoms. The summed E-state index contributed by atoms with van der Waals surface area (Å²) in [6.07, 6.45) is 14.2. The number of hydrogen-bond acceptors (Lipinski definition) is 2. The van der Waals surface area contributed by atoms with E-state index in [2.05, 4.69) is 6.92 Å². The van der Waals surface area contributed by atoms with Crippen LogP contribution in [0.25, 0.3) is 0 Å². The molecule has 0 unspecified atom stereocenters. The highest BCUT2D eigenvalue weighted by Gasteiger charge is 2.17. The van der Waals surface area contributed by atoms with Crippen LogP contribution in [0, 0.1) is 0 Å². The molecule has 3 nitrogen and oxygen atoms in total. The van der Waals surface area contributed by atoms with Gasteiger partial charge in [-0.05, 0) is 18.2 Å². The van der Waals surface area contributed by atoms with E-state index in [1.54, 1.807) is 6.92 Å². The molecule has 0 heterocycles. The second kappa shape index (κ2) is 14.8. The van der Waals surface area contributed by atoms with Gasteiger partial charge < -0.3 is 17.0 Å². The van der Waals surface area contributed by atoms with E-state index in [4.69, 9.17) is 0 Å². The number of nitrogens with zero attached hydrogens (tertiary/aromatic N) is 1. The molecule has 0 saturated carbocycles. The molecule has 0 aliphatic carbocycles. The SMILES string of the molecule is CCCCCCCCCCCCC[N+](O)(O)CC.[Br-]. The van der Waals surface area contributed by atoms with Crippen molar-refractivity contribution in [2.75, 3.05) is 13.1 Å². The Labute approximate surface area is 130 Å². The number of quaternary nitrogens is 1. The quantitative estimate of drug-likeness (QED) is 0.306. The molecule has 0 aliphatic rings. The summed E-state index contributed by atoms with van der Waals surface area (Å²) in [5.41, 5.74) is 0. The summed E-state index contributed by atoms with van der Waals surface area (Å²) in [6.45, 7) is 4.88. The third-order valence-electron chi connectivity index (χ3n) is 3.63. The van der Waals surface area contributed by atoms with Crippen molar-refractivity contribution in [3.63, 3.8) is 0 Å². The van der Waals surface area contributed by atoms with E-state index in [9.17, 15) is 10.4 Å². The molecule has 0 radical (unpaired) electrons. The first-order chi connectivity index (χ1) is 8.62. The van der Waals surface area contributed by atoms with Crippen LogP contribution < -0.4 is 17.0 Å². The van der Waals surface area contributed by atoms with Gasteiger partial charge in [0, 0.05) is 6.42 Å². The number of halogens is 1. The second-order valence-corrected chi connectivity index (χ2v) is 5.45. The highest BCUT2D eigenvalue weighted by molar-refractivity contribution is 4.47. The Balaban J connectivity index is 0. The van der Waals surface area contributed by atoms with E-state index in [1.165, 1.54) is 57.8 Å². The Morgan fingerprint density at radius 1 is 0.632 bits per heavy atom. The predicted octanol–water partition coefficient (Wildman–Crippen LogP) is 1.92. The Bertz CT molecular complexity index is 178. The average Bonchev–Trinajstić information content (AvgIpc) is 2.36. The van der Waals surface area contributed by atoms with Crippen LogP contribution in [-0.4, -0.2) is 28.3 Å². The van der Waals surface area contributed by atoms with Gasteiger partial charge in [-0.15, -0.1) is 0 Å². The van der Waals surface area contributed by atoms with Crippen molar-refractivity contribution in [3.05, 3.63) is 0 Å². The standard InChI is InChI=1S/C15H34NO2.BrH/c1-3-5-6-7-8-9-10-11-12-13-14-15-16(17,18)4-2;/h17-18H,3-15H2,1-2H3;1H/q+1;/p-1. The third kappa shape index (κ3) is 16.3. The van der Waals surface area contributed by atoms with E-state index >= 15 is 0 Å². The van der Waals surface area contributed by atoms with Crippen LogP contribution >= 0.6 is 0 Å². The molecular formula is C15H34BrNO2. The molecule has 0 saturated heterocycles. The first-order valence-corrected chi connectivity index (χ1v) is 7.95. The van der Waals surface area contributed by atoms with Gasteiger partial charge in [-0.2, -0.15) is 10.4 Å². The minimum Gasteiger partial charge on any atom is -1.00 e. The van der Waals surface area contributed by atoms with Crippen molar-refractivity contribution in [1.82, 2.24) is 0 Å². The maximum Gasteiger partial charge on any atom is 0.142 e. The Morgan fingerprint density at radius 3 is 1.37 bits per heavy atom. The lowest BCUT2D eigenvalue weighted by atomic mass is 10.1. The lowest BCUT2D eigenvalue weighted by Gasteiger charge is -2.18. The molecule has 0 aromatic heterocycles. The average molecular weight is 340 g/mol. The number of unbranched alkanes of at least 4 members (excludes halogenated alkanes) is 10. The largest absolute Gasteiger partial charge is 1.00 e. The molecule has 0 aromatic carbocycles. The first-order valence-electron chi connectivity index (χ1n) is 7.95. The molecule has 0 aliphatic heterocycles. The molecule has 118 valence electrons. The fourth-order valence-electron chi connectivity index (χ4n) is 2.19. The van der Waals surface area contributed by atoms with Gasteiger partial charge in [0.15, 0.2) is 0 Å². The summed E-state index contributed by atoms with van der Waals surface area (Å²) in [5.74, 6) is 0. The Morgan fingerprint density at radius 2 is 1.00 bits per heavy atom. The van der Waals surface area contributed by atoms with Crippen LogP contribution in [0.4, 0.5) is 0 Å². The minimum atomic E-state index is -0.808. The summed E-state index contributed by atoms with van der Waals surface area (Å²) < 4.78 is 0. The fourth-order valence-corrected chi connectivity index (χ4v) is 2.19. The van der Waals surface area contributed by atoms with E-state index in [1.807, 2.05) is 0 Å². The minimum absolute atomic E-state index is 0. The zero-order valence-corrected chi connectivity index (χ0v) is 14.5. The van der Waals surface area contributed by atoms with Crippen LogP contribution in [0.1, 0.15) is 84.5 Å². The van der Waals surface area contributed by atoms with Crippen LogP contribution in [0.3, 0.4) is 0 Å². The second-order valence-electron chi connectivity index (χ2n) is 5.45. The van der Waals surface area contributed by atoms with Gasteiger partial charge in [-0.3, -0.25) is 0 Å². The van der Waals surface area contributed by atoms with E-state index in [0.717, 1.165) is 12.8 Å². The van der Waals surface area contributed by atoms with Crippen molar-refractivity contribution < 1.29 is 32.2 Å². The molecule has 0 spiro atoms. The molecule has 0 bridgehead atoms. The van der Waals surface area contributed by atoms with Crippen molar-refractivity contribution in [3.8, 4) is 0 Å². The summed E-state index contributed by atoms with van der Waals surface area (Å²) in [7, 11) is 0. The molecule has 4 heteroatoms. The molecule has 0 aromatic rings. The zero-order valence-electron chi connectivity index (χ0n) is 12.9. The van der Waals surface area contributed by atoms with Gasteiger partial charge >= 0.3 is 0 Å². The monoisotopic (exact) mass is 339 g/mol. The lowest BCUT2D eigenvalue weighted by Crippen LogP contribution is -3.00. The van der Waals surface area contributed by atoms with Gasteiger partial charge in [0.1, 0.15) is 13.1 Å². The van der Waals surface area contributed by atoms with Crippen molar-refractivity contribution in [2.45, 2.75) is 84.5 Å². The predicted molar refractivity (Wildman–Crippen MR) is 75.7 cm³/mol. The van der Waals surface area contributed by atoms with E-state index in [0.29, 0.717) is 13.1 Å². The molecule has 0 rings (SSSR count). The van der Waals surface area contributed by atoms with E-state index < -0.39 is 4.81 Å². The van der Waals surface area contributed by atoms with Crippen molar-refractivity contribution >= 4 is 0 Å². The van der Waals surface area contributed by atoms with Gasteiger partial charge in [0.05, 0.1) is 0 Å².